The molecule has 0 saturated heterocycles. The number of aromatic nitrogens is 5. The topological polar surface area (TPSA) is 112 Å². The summed E-state index contributed by atoms with van der Waals surface area (Å²) in [6.45, 7) is 0.313. The molecule has 33 heavy (non-hydrogen) atoms. The van der Waals surface area contributed by atoms with Crippen LogP contribution < -0.4 is 20.9 Å². The zero-order valence-corrected chi connectivity index (χ0v) is 18.1. The van der Waals surface area contributed by atoms with Gasteiger partial charge in [0.2, 0.25) is 6.20 Å². The van der Waals surface area contributed by atoms with Gasteiger partial charge in [-0.05, 0) is 24.3 Å². The molecular weight excluding hydrogens is 456 g/mol. The number of alkyl halides is 2. The molecule has 3 heterocycles. The number of benzene rings is 1. The predicted molar refractivity (Wildman–Crippen MR) is 118 cm³/mol. The van der Waals surface area contributed by atoms with Crippen molar-refractivity contribution in [3.8, 4) is 0 Å². The third-order valence-corrected chi connectivity index (χ3v) is 5.27. The van der Waals surface area contributed by atoms with Crippen molar-refractivity contribution in [2.75, 3.05) is 18.4 Å². The molecule has 0 saturated carbocycles. The number of halogens is 3. The molecule has 1 aromatic carbocycles. The van der Waals surface area contributed by atoms with Gasteiger partial charge >= 0.3 is 11.6 Å². The van der Waals surface area contributed by atoms with Gasteiger partial charge < -0.3 is 15.2 Å². The van der Waals surface area contributed by atoms with Gasteiger partial charge in [-0.3, -0.25) is 15.1 Å². The highest BCUT2D eigenvalue weighted by atomic mass is 35.5. The van der Waals surface area contributed by atoms with Crippen LogP contribution in [0.5, 0.6) is 0 Å². The van der Waals surface area contributed by atoms with E-state index in [1.807, 2.05) is 12.1 Å². The van der Waals surface area contributed by atoms with E-state index in [2.05, 4.69) is 25.8 Å². The average Bonchev–Trinajstić information content (AvgIpc) is 3.19. The molecule has 0 aliphatic rings. The van der Waals surface area contributed by atoms with E-state index in [-0.39, 0.29) is 5.82 Å². The van der Waals surface area contributed by atoms with Crippen molar-refractivity contribution in [3.63, 3.8) is 0 Å². The van der Waals surface area contributed by atoms with Crippen molar-refractivity contribution in [1.82, 2.24) is 25.1 Å². The molecule has 4 rings (SSSR count). The summed E-state index contributed by atoms with van der Waals surface area (Å²) < 4.78 is 30.6. The number of hydrogen-bond acceptors (Lipinski definition) is 6. The standard InChI is InChI=1S/C21H21ClF2N7O2/c22-14-4-5-16-15(11-14)17(29-28-16)12-25-6-9-30-10-7-26-19(20(30)32)27-13-21(23,24)18-3-1-2-8-31(18)33/h1-5,7-8,10-11,25,33H,6,9,12-13H2,(H,26,27)(H,28,29)/q+1. The number of anilines is 1. The Balaban J connectivity index is 1.35. The smallest absolute Gasteiger partial charge is 0.351 e. The number of aromatic amines is 1. The van der Waals surface area contributed by atoms with Crippen molar-refractivity contribution < 1.29 is 18.7 Å². The number of rotatable bonds is 9. The lowest BCUT2D eigenvalue weighted by atomic mass is 10.2. The van der Waals surface area contributed by atoms with Crippen molar-refractivity contribution in [3.05, 3.63) is 81.8 Å². The molecule has 0 aliphatic carbocycles. The minimum Gasteiger partial charge on any atom is -0.359 e. The molecule has 3 aromatic heterocycles. The van der Waals surface area contributed by atoms with E-state index in [1.165, 1.54) is 29.1 Å². The summed E-state index contributed by atoms with van der Waals surface area (Å²) in [6, 6.07) is 9.32. The van der Waals surface area contributed by atoms with Gasteiger partial charge in [0.05, 0.1) is 17.8 Å². The van der Waals surface area contributed by atoms with Crippen LogP contribution in [0.25, 0.3) is 10.9 Å². The first-order chi connectivity index (χ1) is 15.8. The molecule has 9 nitrogen and oxygen atoms in total. The van der Waals surface area contributed by atoms with Crippen LogP contribution in [0.2, 0.25) is 5.02 Å². The Morgan fingerprint density at radius 3 is 2.94 bits per heavy atom. The zero-order valence-electron chi connectivity index (χ0n) is 17.3. The van der Waals surface area contributed by atoms with E-state index in [0.717, 1.165) is 28.9 Å². The second-order valence-electron chi connectivity index (χ2n) is 7.30. The van der Waals surface area contributed by atoms with E-state index < -0.39 is 23.7 Å². The first-order valence-electron chi connectivity index (χ1n) is 10.1. The van der Waals surface area contributed by atoms with Gasteiger partial charge in [0, 0.05) is 59.3 Å². The van der Waals surface area contributed by atoms with E-state index in [1.54, 1.807) is 6.07 Å². The number of nitrogens with zero attached hydrogens (tertiary/aromatic N) is 4. The van der Waals surface area contributed by atoms with Crippen LogP contribution in [-0.4, -0.2) is 38.0 Å². The summed E-state index contributed by atoms with van der Waals surface area (Å²) in [6.07, 6.45) is 3.95. The normalized spacial score (nSPS) is 11.7. The second-order valence-corrected chi connectivity index (χ2v) is 7.74. The molecule has 0 aliphatic heterocycles. The molecule has 172 valence electrons. The zero-order chi connectivity index (χ0) is 23.4. The Hall–Kier alpha value is -3.57. The van der Waals surface area contributed by atoms with Gasteiger partial charge in [-0.25, -0.2) is 4.98 Å². The molecular formula is C21H21ClF2N7O2+. The van der Waals surface area contributed by atoms with Crippen LogP contribution in [0.4, 0.5) is 14.6 Å². The Labute approximate surface area is 191 Å². The lowest BCUT2D eigenvalue weighted by molar-refractivity contribution is -0.913. The van der Waals surface area contributed by atoms with Crippen LogP contribution in [-0.2, 0) is 19.0 Å². The fourth-order valence-electron chi connectivity index (χ4n) is 3.34. The molecule has 0 fully saturated rings. The van der Waals surface area contributed by atoms with E-state index in [9.17, 15) is 18.8 Å². The SMILES string of the molecule is O=c1c(NCC(F)(F)c2cccc[n+]2O)nccn1CCNCc1[nH]nc2ccc(Cl)cc12. The molecule has 0 bridgehead atoms. The Kier molecular flexibility index (Phi) is 6.52. The van der Waals surface area contributed by atoms with Crippen molar-refractivity contribution in [2.45, 2.75) is 19.0 Å². The van der Waals surface area contributed by atoms with Gasteiger partial charge in [-0.2, -0.15) is 13.9 Å². The third-order valence-electron chi connectivity index (χ3n) is 5.03. The molecule has 0 radical (unpaired) electrons. The van der Waals surface area contributed by atoms with Crippen molar-refractivity contribution in [1.29, 1.82) is 0 Å². The van der Waals surface area contributed by atoms with Crippen LogP contribution in [0, 0.1) is 0 Å². The highest BCUT2D eigenvalue weighted by Gasteiger charge is 2.41. The van der Waals surface area contributed by atoms with Crippen LogP contribution in [0.1, 0.15) is 11.4 Å². The molecule has 0 spiro atoms. The summed E-state index contributed by atoms with van der Waals surface area (Å²) in [4.78, 5) is 16.5. The van der Waals surface area contributed by atoms with Gasteiger partial charge in [0.1, 0.15) is 0 Å². The van der Waals surface area contributed by atoms with Crippen LogP contribution in [0.3, 0.4) is 0 Å². The summed E-state index contributed by atoms with van der Waals surface area (Å²) in [5.41, 5.74) is 0.530. The molecule has 4 aromatic rings. The summed E-state index contributed by atoms with van der Waals surface area (Å²) in [5, 5.41) is 23.9. The summed E-state index contributed by atoms with van der Waals surface area (Å²) >= 11 is 6.05. The number of nitrogens with one attached hydrogen (secondary N) is 3. The maximum absolute atomic E-state index is 14.4. The molecule has 4 N–H and O–H groups in total. The minimum absolute atomic E-state index is 0.202. The predicted octanol–water partition coefficient (Wildman–Crippen LogP) is 2.29. The Morgan fingerprint density at radius 1 is 1.27 bits per heavy atom. The first-order valence-corrected chi connectivity index (χ1v) is 10.4. The van der Waals surface area contributed by atoms with E-state index in [0.29, 0.717) is 29.4 Å². The maximum Gasteiger partial charge on any atom is 0.351 e. The van der Waals surface area contributed by atoms with Gasteiger partial charge in [0.15, 0.2) is 5.82 Å². The third kappa shape index (κ3) is 5.10. The molecule has 0 amide bonds. The van der Waals surface area contributed by atoms with E-state index >= 15 is 0 Å². The average molecular weight is 477 g/mol. The van der Waals surface area contributed by atoms with Crippen molar-refractivity contribution >= 4 is 28.3 Å². The lowest BCUT2D eigenvalue weighted by Gasteiger charge is -2.14. The first kappa shape index (κ1) is 22.6. The number of H-pyrrole nitrogens is 1. The van der Waals surface area contributed by atoms with Gasteiger partial charge in [0.25, 0.3) is 5.56 Å². The van der Waals surface area contributed by atoms with Crippen molar-refractivity contribution in [2.24, 2.45) is 0 Å². The van der Waals surface area contributed by atoms with Crippen LogP contribution in [0.15, 0.2) is 59.8 Å². The quantitative estimate of drug-likeness (QED) is 0.167. The molecule has 0 unspecified atom stereocenters. The fourth-order valence-corrected chi connectivity index (χ4v) is 3.51. The molecule has 0 atom stereocenters. The Morgan fingerprint density at radius 2 is 2.12 bits per heavy atom. The van der Waals surface area contributed by atoms with Gasteiger partial charge in [-0.1, -0.05) is 11.6 Å². The fraction of sp³-hybridized carbons (Fsp3) is 0.238. The lowest BCUT2D eigenvalue weighted by Crippen LogP contribution is -2.43. The number of hydrogen-bond donors (Lipinski definition) is 4. The monoisotopic (exact) mass is 476 g/mol. The molecule has 12 heteroatoms. The highest BCUT2D eigenvalue weighted by Crippen LogP contribution is 2.24. The number of fused-ring (bicyclic) bond motifs is 1. The van der Waals surface area contributed by atoms with E-state index in [4.69, 9.17) is 11.6 Å². The maximum atomic E-state index is 14.4. The highest BCUT2D eigenvalue weighted by molar-refractivity contribution is 6.31. The second kappa shape index (κ2) is 9.51. The summed E-state index contributed by atoms with van der Waals surface area (Å²) in [5.74, 6) is -3.63. The largest absolute Gasteiger partial charge is 0.359 e. The van der Waals surface area contributed by atoms with Gasteiger partial charge in [-0.15, -0.1) is 0 Å². The Bertz CT molecular complexity index is 1330. The minimum atomic E-state index is -3.43. The number of pyridine rings is 1. The van der Waals surface area contributed by atoms with Crippen LogP contribution >= 0.6 is 11.6 Å². The summed E-state index contributed by atoms with van der Waals surface area (Å²) in [7, 11) is 0.